The summed E-state index contributed by atoms with van der Waals surface area (Å²) in [4.78, 5) is 39.0. The molecule has 36 heavy (non-hydrogen) atoms. The minimum absolute atomic E-state index is 0.118. The van der Waals surface area contributed by atoms with Crippen LogP contribution >= 0.6 is 0 Å². The Bertz CT molecular complexity index is 1120. The summed E-state index contributed by atoms with van der Waals surface area (Å²) in [5.74, 6) is -2.30. The van der Waals surface area contributed by atoms with Gasteiger partial charge >= 0.3 is 6.09 Å². The fourth-order valence-corrected chi connectivity index (χ4v) is 6.69. The number of hydrogen-bond acceptors (Lipinski definition) is 9. The molecular weight excluding hydrogens is 464 g/mol. The average Bonchev–Trinajstić information content (AvgIpc) is 3.11. The number of aromatic nitrogens is 2. The SMILES string of the molecule is C=C[C@]1(C)C[C@@H](OC(=O)NC(=O)c2ccc(N)nn2)[C@]2(C)[C@H](C)C=C[C@]3(C[C@H](O)C(=O)[C@H]32)[C@@H](C)[C@@H]1O. The molecule has 10 nitrogen and oxygen atoms in total. The van der Waals surface area contributed by atoms with Crippen molar-refractivity contribution >= 4 is 23.6 Å². The Kier molecular flexibility index (Phi) is 6.33. The van der Waals surface area contributed by atoms with Gasteiger partial charge in [-0.1, -0.05) is 45.9 Å². The second kappa shape index (κ2) is 8.77. The van der Waals surface area contributed by atoms with Crippen molar-refractivity contribution in [2.75, 3.05) is 5.73 Å². The van der Waals surface area contributed by atoms with Gasteiger partial charge in [-0.2, -0.15) is 0 Å². The normalized spacial score (nSPS) is 41.6. The zero-order valence-electron chi connectivity index (χ0n) is 21.0. The Balaban J connectivity index is 1.74. The first kappa shape index (κ1) is 26.0. The summed E-state index contributed by atoms with van der Waals surface area (Å²) >= 11 is 0. The minimum atomic E-state index is -1.19. The van der Waals surface area contributed by atoms with Crippen molar-refractivity contribution in [3.63, 3.8) is 0 Å². The van der Waals surface area contributed by atoms with Gasteiger partial charge < -0.3 is 20.7 Å². The molecule has 1 aromatic rings. The standard InChI is InChI=1S/C26H34N4O6/c1-6-24(4)12-17(36-23(35)28-22(34)15-7-8-18(27)30-29-15)25(5)13(2)9-10-26(14(3)21(24)33)11-16(31)19(32)20(25)26/h6-10,13-14,16-17,20-21,31,33H,1,11-12H2,2-5H3,(H2,27,30)(H,28,34,35)/t13-,14+,16+,17-,20+,21+,24-,25+,26+/m1/s1. The maximum absolute atomic E-state index is 13.4. The third-order valence-electron chi connectivity index (χ3n) is 9.16. The van der Waals surface area contributed by atoms with E-state index in [1.54, 1.807) is 6.08 Å². The largest absolute Gasteiger partial charge is 0.445 e. The maximum Gasteiger partial charge on any atom is 0.414 e. The molecule has 0 spiro atoms. The third-order valence-corrected chi connectivity index (χ3v) is 9.16. The number of hydrogen-bond donors (Lipinski definition) is 4. The van der Waals surface area contributed by atoms with E-state index in [1.165, 1.54) is 12.1 Å². The number of amides is 2. The number of rotatable bonds is 3. The lowest BCUT2D eigenvalue weighted by Gasteiger charge is -2.59. The fourth-order valence-electron chi connectivity index (χ4n) is 6.69. The molecule has 0 radical (unpaired) electrons. The van der Waals surface area contributed by atoms with Gasteiger partial charge in [-0.05, 0) is 36.8 Å². The highest BCUT2D eigenvalue weighted by Gasteiger charge is 2.69. The molecule has 2 amide bonds. The van der Waals surface area contributed by atoms with Gasteiger partial charge in [0.1, 0.15) is 18.0 Å². The lowest BCUT2D eigenvalue weighted by Crippen LogP contribution is -2.62. The predicted molar refractivity (Wildman–Crippen MR) is 130 cm³/mol. The van der Waals surface area contributed by atoms with Crippen molar-refractivity contribution in [1.82, 2.24) is 15.5 Å². The second-order valence-corrected chi connectivity index (χ2v) is 11.0. The molecule has 10 heteroatoms. The molecule has 1 aromatic heterocycles. The molecule has 0 saturated heterocycles. The van der Waals surface area contributed by atoms with Crippen LogP contribution in [0.4, 0.5) is 10.6 Å². The van der Waals surface area contributed by atoms with Gasteiger partial charge in [0.2, 0.25) is 0 Å². The van der Waals surface area contributed by atoms with Crippen LogP contribution in [-0.2, 0) is 9.53 Å². The lowest BCUT2D eigenvalue weighted by atomic mass is 9.46. The molecule has 1 heterocycles. The van der Waals surface area contributed by atoms with Crippen LogP contribution in [0, 0.1) is 34.0 Å². The number of allylic oxidation sites excluding steroid dienone is 2. The molecule has 5 N–H and O–H groups in total. The van der Waals surface area contributed by atoms with E-state index in [1.807, 2.05) is 39.8 Å². The van der Waals surface area contributed by atoms with Gasteiger partial charge in [0.15, 0.2) is 11.5 Å². The summed E-state index contributed by atoms with van der Waals surface area (Å²) in [6.45, 7) is 11.5. The van der Waals surface area contributed by atoms with Gasteiger partial charge in [-0.3, -0.25) is 14.9 Å². The van der Waals surface area contributed by atoms with Crippen LogP contribution in [0.3, 0.4) is 0 Å². The number of aliphatic hydroxyl groups is 2. The molecule has 2 fully saturated rings. The number of ketones is 1. The highest BCUT2D eigenvalue weighted by molar-refractivity contribution is 6.01. The van der Waals surface area contributed by atoms with Gasteiger partial charge in [-0.25, -0.2) is 4.79 Å². The van der Waals surface area contributed by atoms with Crippen molar-refractivity contribution in [2.24, 2.45) is 34.0 Å². The summed E-state index contributed by atoms with van der Waals surface area (Å²) in [6, 6.07) is 2.71. The van der Waals surface area contributed by atoms with Crippen molar-refractivity contribution in [3.8, 4) is 0 Å². The molecule has 3 aliphatic rings. The van der Waals surface area contributed by atoms with E-state index in [0.29, 0.717) is 0 Å². The number of imide groups is 1. The third kappa shape index (κ3) is 3.74. The van der Waals surface area contributed by atoms with Crippen molar-refractivity contribution in [3.05, 3.63) is 42.6 Å². The van der Waals surface area contributed by atoms with Crippen LogP contribution in [0.5, 0.6) is 0 Å². The number of aliphatic hydroxyl groups excluding tert-OH is 2. The number of nitrogens with zero attached hydrogens (tertiary/aromatic N) is 2. The van der Waals surface area contributed by atoms with Crippen LogP contribution in [0.25, 0.3) is 0 Å². The molecule has 0 aliphatic heterocycles. The van der Waals surface area contributed by atoms with Crippen LogP contribution < -0.4 is 11.1 Å². The molecule has 2 saturated carbocycles. The summed E-state index contributed by atoms with van der Waals surface area (Å²) in [5.41, 5.74) is 2.75. The monoisotopic (exact) mass is 498 g/mol. The molecule has 2 bridgehead atoms. The number of carbonyl (C=O) groups excluding carboxylic acids is 3. The van der Waals surface area contributed by atoms with E-state index < -0.39 is 52.5 Å². The number of nitrogens with one attached hydrogen (secondary N) is 1. The van der Waals surface area contributed by atoms with Gasteiger partial charge in [0.05, 0.1) is 6.10 Å². The van der Waals surface area contributed by atoms with E-state index >= 15 is 0 Å². The van der Waals surface area contributed by atoms with Crippen molar-refractivity contribution in [1.29, 1.82) is 0 Å². The Morgan fingerprint density at radius 2 is 1.92 bits per heavy atom. The topological polar surface area (TPSA) is 165 Å². The fraction of sp³-hybridized carbons (Fsp3) is 0.577. The zero-order chi connectivity index (χ0) is 26.6. The molecule has 4 rings (SSSR count). The number of carbonyl (C=O) groups is 3. The molecule has 3 aliphatic carbocycles. The number of alkyl carbamates (subject to hydrolysis) is 1. The quantitative estimate of drug-likeness (QED) is 0.456. The van der Waals surface area contributed by atoms with E-state index in [0.717, 1.165) is 0 Å². The number of Topliss-reactive ketones (excluding diaryl/α,β-unsaturated/α-hetero) is 1. The van der Waals surface area contributed by atoms with E-state index in [9.17, 15) is 24.6 Å². The van der Waals surface area contributed by atoms with E-state index in [-0.39, 0.29) is 42.0 Å². The summed E-state index contributed by atoms with van der Waals surface area (Å²) < 4.78 is 5.90. The van der Waals surface area contributed by atoms with Crippen LogP contribution in [-0.4, -0.2) is 56.5 Å². The number of anilines is 1. The molecule has 9 atom stereocenters. The Hall–Kier alpha value is -3.11. The Labute approximate surface area is 210 Å². The zero-order valence-corrected chi connectivity index (χ0v) is 21.0. The average molecular weight is 499 g/mol. The van der Waals surface area contributed by atoms with Crippen LogP contribution in [0.15, 0.2) is 36.9 Å². The molecule has 194 valence electrons. The van der Waals surface area contributed by atoms with Gasteiger partial charge in [0, 0.05) is 22.2 Å². The summed E-state index contributed by atoms with van der Waals surface area (Å²) in [7, 11) is 0. The van der Waals surface area contributed by atoms with Crippen LogP contribution in [0.1, 0.15) is 51.0 Å². The molecule has 0 aromatic carbocycles. The van der Waals surface area contributed by atoms with Crippen molar-refractivity contribution < 1.29 is 29.3 Å². The minimum Gasteiger partial charge on any atom is -0.445 e. The first-order chi connectivity index (χ1) is 16.8. The first-order valence-corrected chi connectivity index (χ1v) is 12.1. The summed E-state index contributed by atoms with van der Waals surface area (Å²) in [6.07, 6.45) is 1.89. The van der Waals surface area contributed by atoms with Gasteiger partial charge in [0.25, 0.3) is 5.91 Å². The number of nitrogens with two attached hydrogens (primary N) is 1. The van der Waals surface area contributed by atoms with Crippen LogP contribution in [0.2, 0.25) is 0 Å². The predicted octanol–water partition coefficient (Wildman–Crippen LogP) is 2.04. The second-order valence-electron chi connectivity index (χ2n) is 11.0. The number of nitrogen functional groups attached to an aromatic ring is 1. The Morgan fingerprint density at radius 1 is 1.22 bits per heavy atom. The van der Waals surface area contributed by atoms with E-state index in [2.05, 4.69) is 22.1 Å². The van der Waals surface area contributed by atoms with E-state index in [4.69, 9.17) is 10.5 Å². The number of ether oxygens (including phenoxy) is 1. The highest BCUT2D eigenvalue weighted by Crippen LogP contribution is 2.65. The highest BCUT2D eigenvalue weighted by atomic mass is 16.6. The van der Waals surface area contributed by atoms with Crippen molar-refractivity contribution in [2.45, 2.75) is 58.8 Å². The lowest BCUT2D eigenvalue weighted by molar-refractivity contribution is -0.163. The summed E-state index contributed by atoms with van der Waals surface area (Å²) in [5, 5.41) is 31.7. The van der Waals surface area contributed by atoms with Gasteiger partial charge in [-0.15, -0.1) is 16.8 Å². The smallest absolute Gasteiger partial charge is 0.414 e. The maximum atomic E-state index is 13.4. The molecule has 0 unspecified atom stereocenters. The molecular formula is C26H34N4O6. The first-order valence-electron chi connectivity index (χ1n) is 12.1. The Morgan fingerprint density at radius 3 is 2.53 bits per heavy atom.